The Hall–Kier alpha value is -2.15. The van der Waals surface area contributed by atoms with Crippen molar-refractivity contribution in [1.82, 2.24) is 5.32 Å². The number of nitrogens with one attached hydrogen (secondary N) is 1. The van der Waals surface area contributed by atoms with Gasteiger partial charge in [0.2, 0.25) is 0 Å². The predicted molar refractivity (Wildman–Crippen MR) is 82.4 cm³/mol. The summed E-state index contributed by atoms with van der Waals surface area (Å²) < 4.78 is 28.1. The van der Waals surface area contributed by atoms with Crippen LogP contribution >= 0.6 is 0 Å². The number of carbonyl (C=O) groups excluding carboxylic acids is 2. The molecule has 1 N–H and O–H groups in total. The summed E-state index contributed by atoms with van der Waals surface area (Å²) in [5.74, 6) is -1.20. The van der Waals surface area contributed by atoms with E-state index in [0.29, 0.717) is 5.56 Å². The zero-order chi connectivity index (χ0) is 16.9. The highest BCUT2D eigenvalue weighted by molar-refractivity contribution is 7.90. The van der Waals surface area contributed by atoms with E-state index in [-0.39, 0.29) is 17.0 Å². The molecule has 0 spiro atoms. The molecule has 6 nitrogen and oxygen atoms in total. The fraction of sp³-hybridized carbons (Fsp3) is 0.333. The van der Waals surface area contributed by atoms with Gasteiger partial charge in [0, 0.05) is 12.8 Å². The monoisotopic (exact) mass is 325 g/mol. The van der Waals surface area contributed by atoms with Crippen LogP contribution in [0.2, 0.25) is 0 Å². The first-order valence-corrected chi connectivity index (χ1v) is 8.46. The van der Waals surface area contributed by atoms with Gasteiger partial charge in [-0.2, -0.15) is 0 Å². The Morgan fingerprint density at radius 1 is 1.41 bits per heavy atom. The van der Waals surface area contributed by atoms with Crippen molar-refractivity contribution < 1.29 is 22.7 Å². The van der Waals surface area contributed by atoms with Gasteiger partial charge in [0.05, 0.1) is 10.5 Å². The summed E-state index contributed by atoms with van der Waals surface area (Å²) >= 11 is 0. The van der Waals surface area contributed by atoms with Gasteiger partial charge in [0.1, 0.15) is 0 Å². The Labute approximate surface area is 130 Å². The molecule has 0 saturated heterocycles. The molecule has 120 valence electrons. The number of esters is 1. The first kappa shape index (κ1) is 17.9. The summed E-state index contributed by atoms with van der Waals surface area (Å²) in [6.07, 6.45) is 1.57. The van der Waals surface area contributed by atoms with Crippen molar-refractivity contribution in [2.75, 3.05) is 12.8 Å². The molecule has 1 atom stereocenters. The minimum atomic E-state index is -3.43. The SMILES string of the molecule is C=CCNC(=O)[C@@H](C)OC(=O)c1cc(S(C)(=O)=O)ccc1C. The Kier molecular flexibility index (Phi) is 5.87. The van der Waals surface area contributed by atoms with Gasteiger partial charge in [-0.1, -0.05) is 12.1 Å². The van der Waals surface area contributed by atoms with Gasteiger partial charge in [0.15, 0.2) is 15.9 Å². The molecular formula is C15H19NO5S. The van der Waals surface area contributed by atoms with Gasteiger partial charge in [0.25, 0.3) is 5.91 Å². The Bertz CT molecular complexity index is 694. The Morgan fingerprint density at radius 2 is 2.05 bits per heavy atom. The molecule has 0 radical (unpaired) electrons. The number of hydrogen-bond donors (Lipinski definition) is 1. The second kappa shape index (κ2) is 7.22. The molecule has 0 aliphatic carbocycles. The summed E-state index contributed by atoms with van der Waals surface area (Å²) in [5, 5.41) is 2.51. The van der Waals surface area contributed by atoms with Gasteiger partial charge in [-0.25, -0.2) is 13.2 Å². The standard InChI is InChI=1S/C15H19NO5S/c1-5-8-16-14(17)11(3)21-15(18)13-9-12(22(4,19)20)7-6-10(13)2/h5-7,9,11H,1,8H2,2-4H3,(H,16,17)/t11-/m1/s1. The minimum Gasteiger partial charge on any atom is -0.449 e. The van der Waals surface area contributed by atoms with Crippen molar-refractivity contribution in [3.63, 3.8) is 0 Å². The third-order valence-electron chi connectivity index (χ3n) is 2.93. The third-order valence-corrected chi connectivity index (χ3v) is 4.04. The molecule has 0 saturated carbocycles. The van der Waals surface area contributed by atoms with E-state index < -0.39 is 27.8 Å². The largest absolute Gasteiger partial charge is 0.449 e. The van der Waals surface area contributed by atoms with E-state index in [0.717, 1.165) is 6.26 Å². The molecule has 1 aromatic carbocycles. The fourth-order valence-corrected chi connectivity index (χ4v) is 2.29. The lowest BCUT2D eigenvalue weighted by Gasteiger charge is -2.14. The number of hydrogen-bond acceptors (Lipinski definition) is 5. The Morgan fingerprint density at radius 3 is 2.59 bits per heavy atom. The van der Waals surface area contributed by atoms with Crippen LogP contribution in [0.3, 0.4) is 0 Å². The average molecular weight is 325 g/mol. The molecule has 0 aliphatic rings. The molecule has 0 bridgehead atoms. The van der Waals surface area contributed by atoms with Crippen molar-refractivity contribution in [1.29, 1.82) is 0 Å². The van der Waals surface area contributed by atoms with E-state index in [9.17, 15) is 18.0 Å². The number of ether oxygens (including phenoxy) is 1. The normalized spacial score (nSPS) is 12.3. The minimum absolute atomic E-state index is 0.0220. The van der Waals surface area contributed by atoms with E-state index in [1.807, 2.05) is 0 Å². The van der Waals surface area contributed by atoms with Crippen LogP contribution in [0.15, 0.2) is 35.7 Å². The highest BCUT2D eigenvalue weighted by Gasteiger charge is 2.21. The highest BCUT2D eigenvalue weighted by atomic mass is 32.2. The van der Waals surface area contributed by atoms with Gasteiger partial charge in [-0.15, -0.1) is 6.58 Å². The summed E-state index contributed by atoms with van der Waals surface area (Å²) in [6, 6.07) is 4.19. The number of sulfone groups is 1. The third kappa shape index (κ3) is 4.70. The van der Waals surface area contributed by atoms with Gasteiger partial charge >= 0.3 is 5.97 Å². The lowest BCUT2D eigenvalue weighted by Crippen LogP contribution is -2.36. The van der Waals surface area contributed by atoms with E-state index in [1.165, 1.54) is 31.2 Å². The first-order valence-electron chi connectivity index (χ1n) is 6.57. The molecule has 0 fully saturated rings. The van der Waals surface area contributed by atoms with Crippen LogP contribution < -0.4 is 5.32 Å². The van der Waals surface area contributed by atoms with Crippen molar-refractivity contribution >= 4 is 21.7 Å². The molecule has 0 heterocycles. The zero-order valence-electron chi connectivity index (χ0n) is 12.8. The number of benzene rings is 1. The highest BCUT2D eigenvalue weighted by Crippen LogP contribution is 2.17. The van der Waals surface area contributed by atoms with Crippen molar-refractivity contribution in [3.05, 3.63) is 42.0 Å². The van der Waals surface area contributed by atoms with Crippen molar-refractivity contribution in [2.24, 2.45) is 0 Å². The molecule has 0 aliphatic heterocycles. The maximum absolute atomic E-state index is 12.1. The molecule has 0 unspecified atom stereocenters. The van der Waals surface area contributed by atoms with Crippen LogP contribution in [0.1, 0.15) is 22.8 Å². The maximum Gasteiger partial charge on any atom is 0.339 e. The van der Waals surface area contributed by atoms with E-state index >= 15 is 0 Å². The zero-order valence-corrected chi connectivity index (χ0v) is 13.6. The second-order valence-electron chi connectivity index (χ2n) is 4.83. The molecule has 1 amide bonds. The van der Waals surface area contributed by atoms with Gasteiger partial charge in [-0.3, -0.25) is 4.79 Å². The number of amides is 1. The summed E-state index contributed by atoms with van der Waals surface area (Å²) in [5.41, 5.74) is 0.683. The first-order chi connectivity index (χ1) is 10.2. The maximum atomic E-state index is 12.1. The van der Waals surface area contributed by atoms with Crippen LogP contribution in [-0.4, -0.2) is 39.2 Å². The fourth-order valence-electron chi connectivity index (χ4n) is 1.65. The number of aryl methyl sites for hydroxylation is 1. The number of carbonyl (C=O) groups is 2. The molecular weight excluding hydrogens is 306 g/mol. The van der Waals surface area contributed by atoms with Gasteiger partial charge in [-0.05, 0) is 31.5 Å². The van der Waals surface area contributed by atoms with Crippen LogP contribution in [0.4, 0.5) is 0 Å². The van der Waals surface area contributed by atoms with Crippen molar-refractivity contribution in [2.45, 2.75) is 24.8 Å². The Balaban J connectivity index is 2.94. The van der Waals surface area contributed by atoms with Crippen LogP contribution in [-0.2, 0) is 19.4 Å². The van der Waals surface area contributed by atoms with E-state index in [1.54, 1.807) is 6.92 Å². The molecule has 7 heteroatoms. The number of rotatable bonds is 6. The predicted octanol–water partition coefficient (Wildman–Crippen LogP) is 1.25. The summed E-state index contributed by atoms with van der Waals surface area (Å²) in [6.45, 7) is 6.83. The van der Waals surface area contributed by atoms with Crippen LogP contribution in [0.25, 0.3) is 0 Å². The average Bonchev–Trinajstić information content (AvgIpc) is 2.43. The van der Waals surface area contributed by atoms with Crippen LogP contribution in [0.5, 0.6) is 0 Å². The molecule has 1 rings (SSSR count). The topological polar surface area (TPSA) is 89.5 Å². The summed E-state index contributed by atoms with van der Waals surface area (Å²) in [4.78, 5) is 23.8. The molecule has 0 aromatic heterocycles. The van der Waals surface area contributed by atoms with Crippen LogP contribution in [0, 0.1) is 6.92 Å². The van der Waals surface area contributed by atoms with E-state index in [4.69, 9.17) is 4.74 Å². The summed E-state index contributed by atoms with van der Waals surface area (Å²) in [7, 11) is -3.43. The molecule has 22 heavy (non-hydrogen) atoms. The quantitative estimate of drug-likeness (QED) is 0.628. The van der Waals surface area contributed by atoms with Crippen molar-refractivity contribution in [3.8, 4) is 0 Å². The van der Waals surface area contributed by atoms with Gasteiger partial charge < -0.3 is 10.1 Å². The smallest absolute Gasteiger partial charge is 0.339 e. The lowest BCUT2D eigenvalue weighted by molar-refractivity contribution is -0.128. The second-order valence-corrected chi connectivity index (χ2v) is 6.85. The van der Waals surface area contributed by atoms with E-state index in [2.05, 4.69) is 11.9 Å². The lowest BCUT2D eigenvalue weighted by atomic mass is 10.1. The molecule has 1 aromatic rings.